The van der Waals surface area contributed by atoms with Crippen LogP contribution in [0.4, 0.5) is 11.4 Å². The SMILES string of the molecule is COc1ccc2c(c1)N(C)c1ccccc1C2.NI. The number of para-hydroxylation sites is 1. The van der Waals surface area contributed by atoms with Crippen LogP contribution in [-0.2, 0) is 6.42 Å². The number of hydrogen-bond donors (Lipinski definition) is 1. The van der Waals surface area contributed by atoms with E-state index in [0.717, 1.165) is 12.2 Å². The van der Waals surface area contributed by atoms with Crippen LogP contribution in [0.5, 0.6) is 5.75 Å². The van der Waals surface area contributed by atoms with Gasteiger partial charge in [-0.05, 0) is 23.3 Å². The van der Waals surface area contributed by atoms with Gasteiger partial charge in [0.2, 0.25) is 0 Å². The van der Waals surface area contributed by atoms with Crippen LogP contribution in [0.2, 0.25) is 0 Å². The highest BCUT2D eigenvalue weighted by Gasteiger charge is 2.19. The molecule has 0 bridgehead atoms. The fraction of sp³-hybridized carbons (Fsp3) is 0.200. The highest BCUT2D eigenvalue weighted by atomic mass is 127. The first-order chi connectivity index (χ1) is 9.29. The number of methoxy groups -OCH3 is 1. The summed E-state index contributed by atoms with van der Waals surface area (Å²) in [5.41, 5.74) is 5.26. The number of benzene rings is 2. The predicted molar refractivity (Wildman–Crippen MR) is 88.5 cm³/mol. The van der Waals surface area contributed by atoms with Crippen LogP contribution in [0.25, 0.3) is 0 Å². The molecule has 3 nitrogen and oxygen atoms in total. The van der Waals surface area contributed by atoms with Crippen molar-refractivity contribution < 1.29 is 4.74 Å². The second-order valence-corrected chi connectivity index (χ2v) is 4.36. The summed E-state index contributed by atoms with van der Waals surface area (Å²) in [4.78, 5) is 2.23. The summed E-state index contributed by atoms with van der Waals surface area (Å²) in [7, 11) is 3.81. The molecule has 2 aromatic rings. The lowest BCUT2D eigenvalue weighted by atomic mass is 9.96. The lowest BCUT2D eigenvalue weighted by molar-refractivity contribution is 0.414. The number of halogens is 1. The molecule has 0 radical (unpaired) electrons. The first-order valence-electron chi connectivity index (χ1n) is 6.00. The summed E-state index contributed by atoms with van der Waals surface area (Å²) < 4.78 is 9.76. The fourth-order valence-electron chi connectivity index (χ4n) is 2.45. The third-order valence-corrected chi connectivity index (χ3v) is 3.39. The van der Waals surface area contributed by atoms with Gasteiger partial charge in [0, 0.05) is 53.8 Å². The predicted octanol–water partition coefficient (Wildman–Crippen LogP) is 3.66. The van der Waals surface area contributed by atoms with Crippen molar-refractivity contribution in [1.82, 2.24) is 0 Å². The number of ether oxygens (including phenoxy) is 1. The summed E-state index contributed by atoms with van der Waals surface area (Å²) >= 11 is 1.65. The van der Waals surface area contributed by atoms with E-state index >= 15 is 0 Å². The van der Waals surface area contributed by atoms with Crippen molar-refractivity contribution in [2.45, 2.75) is 6.42 Å². The maximum Gasteiger partial charge on any atom is 0.120 e. The van der Waals surface area contributed by atoms with E-state index in [1.807, 2.05) is 6.07 Å². The van der Waals surface area contributed by atoms with Crippen molar-refractivity contribution in [3.05, 3.63) is 53.6 Å². The summed E-state index contributed by atoms with van der Waals surface area (Å²) in [5.74, 6) is 0.912. The van der Waals surface area contributed by atoms with E-state index in [1.165, 1.54) is 22.5 Å². The molecular weight excluding hydrogens is 351 g/mol. The number of nitrogens with two attached hydrogens (primary N) is 1. The highest BCUT2D eigenvalue weighted by Crippen LogP contribution is 2.38. The van der Waals surface area contributed by atoms with E-state index < -0.39 is 0 Å². The van der Waals surface area contributed by atoms with Gasteiger partial charge in [0.15, 0.2) is 0 Å². The van der Waals surface area contributed by atoms with Crippen molar-refractivity contribution >= 4 is 34.2 Å². The van der Waals surface area contributed by atoms with Gasteiger partial charge in [-0.1, -0.05) is 24.3 Å². The van der Waals surface area contributed by atoms with Crippen LogP contribution >= 0.6 is 22.9 Å². The van der Waals surface area contributed by atoms with Gasteiger partial charge in [-0.3, -0.25) is 3.95 Å². The molecule has 1 aliphatic heterocycles. The van der Waals surface area contributed by atoms with E-state index in [-0.39, 0.29) is 0 Å². The molecule has 0 aromatic heterocycles. The molecule has 100 valence electrons. The first kappa shape index (κ1) is 14.1. The van der Waals surface area contributed by atoms with Gasteiger partial charge in [-0.2, -0.15) is 0 Å². The molecule has 0 saturated heterocycles. The molecule has 0 amide bonds. The Morgan fingerprint density at radius 2 is 1.74 bits per heavy atom. The molecule has 1 heterocycles. The van der Waals surface area contributed by atoms with Gasteiger partial charge >= 0.3 is 0 Å². The van der Waals surface area contributed by atoms with Crippen molar-refractivity contribution in [3.63, 3.8) is 0 Å². The van der Waals surface area contributed by atoms with Crippen LogP contribution in [-0.4, -0.2) is 14.2 Å². The van der Waals surface area contributed by atoms with E-state index in [1.54, 1.807) is 30.0 Å². The number of anilines is 2. The number of nitrogens with zero attached hydrogens (tertiary/aromatic N) is 1. The van der Waals surface area contributed by atoms with Gasteiger partial charge in [0.05, 0.1) is 7.11 Å². The van der Waals surface area contributed by atoms with Gasteiger partial charge < -0.3 is 9.64 Å². The second kappa shape index (κ2) is 6.25. The van der Waals surface area contributed by atoms with E-state index in [0.29, 0.717) is 0 Å². The molecule has 0 fully saturated rings. The molecule has 0 aliphatic carbocycles. The Kier molecular flexibility index (Phi) is 4.66. The maximum atomic E-state index is 5.29. The third-order valence-electron chi connectivity index (χ3n) is 3.39. The minimum atomic E-state index is 0.912. The largest absolute Gasteiger partial charge is 0.497 e. The Morgan fingerprint density at radius 1 is 1.05 bits per heavy atom. The minimum absolute atomic E-state index is 0.912. The van der Waals surface area contributed by atoms with Crippen LogP contribution in [0.1, 0.15) is 11.1 Å². The van der Waals surface area contributed by atoms with Crippen molar-refractivity contribution in [2.75, 3.05) is 19.1 Å². The van der Waals surface area contributed by atoms with Crippen molar-refractivity contribution in [2.24, 2.45) is 3.95 Å². The molecule has 0 saturated carbocycles. The van der Waals surface area contributed by atoms with Crippen LogP contribution in [0, 0.1) is 0 Å². The molecule has 4 heteroatoms. The Morgan fingerprint density at radius 3 is 2.47 bits per heavy atom. The summed E-state index contributed by atoms with van der Waals surface area (Å²) in [6.45, 7) is 0. The Labute approximate surface area is 127 Å². The topological polar surface area (TPSA) is 38.5 Å². The number of hydrogen-bond acceptors (Lipinski definition) is 3. The van der Waals surface area contributed by atoms with Gasteiger partial charge in [0.1, 0.15) is 5.75 Å². The number of rotatable bonds is 1. The normalized spacial score (nSPS) is 11.9. The number of fused-ring (bicyclic) bond motifs is 2. The maximum absolute atomic E-state index is 5.29. The standard InChI is InChI=1S/C15H15NO.H2IN/c1-16-14-6-4-3-5-11(14)9-12-7-8-13(17-2)10-15(12)16;1-2/h3-8,10H,9H2,1-2H3;2H2. The van der Waals surface area contributed by atoms with Crippen molar-refractivity contribution in [1.29, 1.82) is 0 Å². The Hall–Kier alpha value is -1.27. The van der Waals surface area contributed by atoms with E-state index in [9.17, 15) is 0 Å². The highest BCUT2D eigenvalue weighted by molar-refractivity contribution is 14.1. The van der Waals surface area contributed by atoms with Crippen molar-refractivity contribution in [3.8, 4) is 5.75 Å². The average molecular weight is 368 g/mol. The molecule has 1 aliphatic rings. The van der Waals surface area contributed by atoms with Crippen LogP contribution in [0.3, 0.4) is 0 Å². The van der Waals surface area contributed by atoms with Gasteiger partial charge in [0.25, 0.3) is 0 Å². The lowest BCUT2D eigenvalue weighted by Gasteiger charge is -2.30. The second-order valence-electron chi connectivity index (χ2n) is 4.36. The Bertz CT molecular complexity index is 572. The molecule has 2 aromatic carbocycles. The molecule has 0 atom stereocenters. The van der Waals surface area contributed by atoms with Crippen LogP contribution < -0.4 is 13.6 Å². The quantitative estimate of drug-likeness (QED) is 0.617. The van der Waals surface area contributed by atoms with Gasteiger partial charge in [-0.25, -0.2) is 0 Å². The molecule has 19 heavy (non-hydrogen) atoms. The molecule has 3 rings (SSSR count). The zero-order valence-electron chi connectivity index (χ0n) is 11.1. The zero-order chi connectivity index (χ0) is 13.8. The molecule has 0 spiro atoms. The fourth-order valence-corrected chi connectivity index (χ4v) is 2.45. The first-order valence-corrected chi connectivity index (χ1v) is 7.24. The smallest absolute Gasteiger partial charge is 0.120 e. The average Bonchev–Trinajstić information content (AvgIpc) is 2.49. The molecular formula is C15H17IN2O. The molecule has 0 unspecified atom stereocenters. The minimum Gasteiger partial charge on any atom is -0.497 e. The van der Waals surface area contributed by atoms with E-state index in [4.69, 9.17) is 4.74 Å². The molecule has 2 N–H and O–H groups in total. The summed E-state index contributed by atoms with van der Waals surface area (Å²) in [5, 5.41) is 0. The monoisotopic (exact) mass is 368 g/mol. The summed E-state index contributed by atoms with van der Waals surface area (Å²) in [6, 6.07) is 14.8. The zero-order valence-corrected chi connectivity index (χ0v) is 13.2. The van der Waals surface area contributed by atoms with E-state index in [2.05, 4.69) is 52.3 Å². The van der Waals surface area contributed by atoms with Gasteiger partial charge in [-0.15, -0.1) is 0 Å². The Balaban J connectivity index is 0.000000637. The third kappa shape index (κ3) is 2.69. The summed E-state index contributed by atoms with van der Waals surface area (Å²) in [6.07, 6.45) is 1.000. The van der Waals surface area contributed by atoms with Crippen LogP contribution in [0.15, 0.2) is 42.5 Å². The lowest BCUT2D eigenvalue weighted by Crippen LogP contribution is -2.18.